The number of hydrogen-bond acceptors (Lipinski definition) is 3. The van der Waals surface area contributed by atoms with Crippen molar-refractivity contribution in [2.75, 3.05) is 19.5 Å². The maximum absolute atomic E-state index is 9.61. The Labute approximate surface area is 78.7 Å². The SMILES string of the molecule is COCCS[C@H]1CCCC[C@@H]1O. The maximum Gasteiger partial charge on any atom is 0.0658 e. The second-order valence-electron chi connectivity index (χ2n) is 3.25. The number of hydrogen-bond donors (Lipinski definition) is 1. The summed E-state index contributed by atoms with van der Waals surface area (Å²) in [5.74, 6) is 1.01. The van der Waals surface area contributed by atoms with Crippen LogP contribution in [0, 0.1) is 0 Å². The van der Waals surface area contributed by atoms with Gasteiger partial charge in [0.25, 0.3) is 0 Å². The van der Waals surface area contributed by atoms with Crippen LogP contribution in [-0.4, -0.2) is 35.9 Å². The second kappa shape index (κ2) is 5.84. The Hall–Kier alpha value is 0.270. The van der Waals surface area contributed by atoms with Crippen LogP contribution in [0.2, 0.25) is 0 Å². The fraction of sp³-hybridized carbons (Fsp3) is 1.00. The standard InChI is InChI=1S/C9H18O2S/c1-11-6-7-12-9-5-3-2-4-8(9)10/h8-10H,2-7H2,1H3/t8-,9-/m0/s1. The topological polar surface area (TPSA) is 29.5 Å². The van der Waals surface area contributed by atoms with Gasteiger partial charge in [-0.05, 0) is 12.8 Å². The second-order valence-corrected chi connectivity index (χ2v) is 4.60. The van der Waals surface area contributed by atoms with Crippen LogP contribution in [0.25, 0.3) is 0 Å². The smallest absolute Gasteiger partial charge is 0.0658 e. The van der Waals surface area contributed by atoms with Gasteiger partial charge in [-0.15, -0.1) is 0 Å². The summed E-state index contributed by atoms with van der Waals surface area (Å²) in [5, 5.41) is 10.1. The molecule has 0 heterocycles. The van der Waals surface area contributed by atoms with E-state index in [9.17, 15) is 5.11 Å². The summed E-state index contributed by atoms with van der Waals surface area (Å²) in [6.07, 6.45) is 4.57. The van der Waals surface area contributed by atoms with Crippen LogP contribution in [0.4, 0.5) is 0 Å². The summed E-state index contributed by atoms with van der Waals surface area (Å²) in [6, 6.07) is 0. The lowest BCUT2D eigenvalue weighted by molar-refractivity contribution is 0.136. The third kappa shape index (κ3) is 3.33. The average molecular weight is 190 g/mol. The largest absolute Gasteiger partial charge is 0.392 e. The highest BCUT2D eigenvalue weighted by Crippen LogP contribution is 2.28. The van der Waals surface area contributed by atoms with E-state index in [4.69, 9.17) is 4.74 Å². The summed E-state index contributed by atoms with van der Waals surface area (Å²) in [7, 11) is 1.72. The minimum absolute atomic E-state index is 0.0689. The van der Waals surface area contributed by atoms with Gasteiger partial charge >= 0.3 is 0 Å². The molecule has 1 rings (SSSR count). The monoisotopic (exact) mass is 190 g/mol. The van der Waals surface area contributed by atoms with Gasteiger partial charge < -0.3 is 9.84 Å². The average Bonchev–Trinajstić information content (AvgIpc) is 2.09. The van der Waals surface area contributed by atoms with Crippen LogP contribution in [0.3, 0.4) is 0 Å². The van der Waals surface area contributed by atoms with Gasteiger partial charge in [0, 0.05) is 18.1 Å². The van der Waals surface area contributed by atoms with Crippen LogP contribution in [-0.2, 0) is 4.74 Å². The number of thioether (sulfide) groups is 1. The first-order chi connectivity index (χ1) is 5.84. The van der Waals surface area contributed by atoms with E-state index in [1.54, 1.807) is 7.11 Å². The van der Waals surface area contributed by atoms with E-state index < -0.39 is 0 Å². The molecule has 1 aliphatic rings. The Bertz CT molecular complexity index is 119. The van der Waals surface area contributed by atoms with Crippen LogP contribution in [0.1, 0.15) is 25.7 Å². The van der Waals surface area contributed by atoms with Crippen molar-refractivity contribution in [2.45, 2.75) is 37.0 Å². The van der Waals surface area contributed by atoms with Crippen molar-refractivity contribution in [3.63, 3.8) is 0 Å². The minimum Gasteiger partial charge on any atom is -0.392 e. The fourth-order valence-corrected chi connectivity index (χ4v) is 2.81. The zero-order chi connectivity index (χ0) is 8.81. The Kier molecular flexibility index (Phi) is 5.04. The molecular formula is C9H18O2S. The quantitative estimate of drug-likeness (QED) is 0.684. The molecule has 2 nitrogen and oxygen atoms in total. The summed E-state index contributed by atoms with van der Waals surface area (Å²) in [5.41, 5.74) is 0. The number of rotatable bonds is 4. The van der Waals surface area contributed by atoms with Crippen molar-refractivity contribution in [1.29, 1.82) is 0 Å². The molecule has 0 saturated heterocycles. The van der Waals surface area contributed by atoms with Gasteiger partial charge in [-0.1, -0.05) is 12.8 Å². The van der Waals surface area contributed by atoms with E-state index in [-0.39, 0.29) is 6.10 Å². The van der Waals surface area contributed by atoms with Gasteiger partial charge in [0.2, 0.25) is 0 Å². The van der Waals surface area contributed by atoms with E-state index in [1.165, 1.54) is 19.3 Å². The molecule has 12 heavy (non-hydrogen) atoms. The molecule has 0 bridgehead atoms. The molecule has 1 saturated carbocycles. The first kappa shape index (κ1) is 10.4. The third-order valence-electron chi connectivity index (χ3n) is 2.29. The molecular weight excluding hydrogens is 172 g/mol. The van der Waals surface area contributed by atoms with Gasteiger partial charge in [0.05, 0.1) is 12.7 Å². The molecule has 0 amide bonds. The Morgan fingerprint density at radius 1 is 1.42 bits per heavy atom. The van der Waals surface area contributed by atoms with E-state index in [0.717, 1.165) is 18.8 Å². The highest BCUT2D eigenvalue weighted by atomic mass is 32.2. The summed E-state index contributed by atoms with van der Waals surface area (Å²) < 4.78 is 4.97. The molecule has 1 aliphatic carbocycles. The zero-order valence-electron chi connectivity index (χ0n) is 7.66. The fourth-order valence-electron chi connectivity index (χ4n) is 1.55. The first-order valence-corrected chi connectivity index (χ1v) is 5.68. The van der Waals surface area contributed by atoms with Crippen molar-refractivity contribution in [2.24, 2.45) is 0 Å². The molecule has 0 aromatic heterocycles. The molecule has 0 aliphatic heterocycles. The van der Waals surface area contributed by atoms with Crippen LogP contribution >= 0.6 is 11.8 Å². The maximum atomic E-state index is 9.61. The minimum atomic E-state index is -0.0689. The molecule has 1 fully saturated rings. The highest BCUT2D eigenvalue weighted by Gasteiger charge is 2.22. The molecule has 0 radical (unpaired) electrons. The third-order valence-corrected chi connectivity index (χ3v) is 3.67. The van der Waals surface area contributed by atoms with Gasteiger partial charge in [0.1, 0.15) is 0 Å². The predicted octanol–water partition coefficient (Wildman–Crippen LogP) is 1.67. The van der Waals surface area contributed by atoms with E-state index in [1.807, 2.05) is 11.8 Å². The summed E-state index contributed by atoms with van der Waals surface area (Å²) in [4.78, 5) is 0. The molecule has 3 heteroatoms. The number of methoxy groups -OCH3 is 1. The predicted molar refractivity (Wildman–Crippen MR) is 52.6 cm³/mol. The van der Waals surface area contributed by atoms with E-state index in [0.29, 0.717) is 5.25 Å². The molecule has 2 atom stereocenters. The molecule has 72 valence electrons. The number of ether oxygens (including phenoxy) is 1. The highest BCUT2D eigenvalue weighted by molar-refractivity contribution is 7.99. The summed E-state index contributed by atoms with van der Waals surface area (Å²) >= 11 is 1.86. The van der Waals surface area contributed by atoms with Gasteiger partial charge in [-0.3, -0.25) is 0 Å². The van der Waals surface area contributed by atoms with Crippen LogP contribution in [0.15, 0.2) is 0 Å². The Morgan fingerprint density at radius 2 is 2.17 bits per heavy atom. The molecule has 0 unspecified atom stereocenters. The molecule has 1 N–H and O–H groups in total. The first-order valence-electron chi connectivity index (χ1n) is 4.63. The van der Waals surface area contributed by atoms with E-state index >= 15 is 0 Å². The molecule has 0 aromatic carbocycles. The Balaban J connectivity index is 2.11. The lowest BCUT2D eigenvalue weighted by atomic mass is 9.97. The van der Waals surface area contributed by atoms with E-state index in [2.05, 4.69) is 0 Å². The normalized spacial score (nSPS) is 30.5. The van der Waals surface area contributed by atoms with Gasteiger partial charge in [-0.25, -0.2) is 0 Å². The molecule has 0 aromatic rings. The van der Waals surface area contributed by atoms with Crippen molar-refractivity contribution in [1.82, 2.24) is 0 Å². The van der Waals surface area contributed by atoms with Crippen molar-refractivity contribution < 1.29 is 9.84 Å². The van der Waals surface area contributed by atoms with Crippen molar-refractivity contribution in [3.05, 3.63) is 0 Å². The lowest BCUT2D eigenvalue weighted by Gasteiger charge is -2.26. The van der Waals surface area contributed by atoms with Crippen molar-refractivity contribution >= 4 is 11.8 Å². The number of aliphatic hydroxyl groups excluding tert-OH is 1. The zero-order valence-corrected chi connectivity index (χ0v) is 8.48. The van der Waals surface area contributed by atoms with Crippen LogP contribution in [0.5, 0.6) is 0 Å². The van der Waals surface area contributed by atoms with Crippen molar-refractivity contribution in [3.8, 4) is 0 Å². The number of aliphatic hydroxyl groups is 1. The summed E-state index contributed by atoms with van der Waals surface area (Å²) in [6.45, 7) is 0.799. The lowest BCUT2D eigenvalue weighted by Crippen LogP contribution is -2.27. The molecule has 0 spiro atoms. The Morgan fingerprint density at radius 3 is 2.83 bits per heavy atom. The van der Waals surface area contributed by atoms with Gasteiger partial charge in [0.15, 0.2) is 0 Å². The van der Waals surface area contributed by atoms with Crippen LogP contribution < -0.4 is 0 Å². The van der Waals surface area contributed by atoms with Gasteiger partial charge in [-0.2, -0.15) is 11.8 Å².